The summed E-state index contributed by atoms with van der Waals surface area (Å²) < 4.78 is 12.1. The highest BCUT2D eigenvalue weighted by Gasteiger charge is 2.20. The van der Waals surface area contributed by atoms with E-state index in [4.69, 9.17) is 9.26 Å². The summed E-state index contributed by atoms with van der Waals surface area (Å²) in [6.45, 7) is 6.42. The molecule has 150 valence electrons. The van der Waals surface area contributed by atoms with Crippen LogP contribution in [-0.4, -0.2) is 34.0 Å². The highest BCUT2D eigenvalue weighted by Crippen LogP contribution is 2.21. The number of rotatable bonds is 6. The monoisotopic (exact) mass is 395 g/mol. The summed E-state index contributed by atoms with van der Waals surface area (Å²) in [5.41, 5.74) is 2.67. The average molecular weight is 395 g/mol. The molecule has 0 saturated heterocycles. The molecule has 2 heterocycles. The van der Waals surface area contributed by atoms with Gasteiger partial charge in [0.15, 0.2) is 12.4 Å². The Hall–Kier alpha value is -3.68. The number of hydrogen-bond donors (Lipinski definition) is 1. The van der Waals surface area contributed by atoms with Crippen molar-refractivity contribution in [3.05, 3.63) is 64.7 Å². The molecule has 0 aliphatic carbocycles. The van der Waals surface area contributed by atoms with E-state index in [1.54, 1.807) is 44.2 Å². The molecule has 8 nitrogen and oxygen atoms in total. The molecule has 0 atom stereocenters. The molecular formula is C21H21N3O5. The molecule has 0 radical (unpaired) electrons. The van der Waals surface area contributed by atoms with Gasteiger partial charge < -0.3 is 14.6 Å². The Balaban J connectivity index is 1.71. The van der Waals surface area contributed by atoms with Crippen molar-refractivity contribution in [1.29, 1.82) is 0 Å². The minimum Gasteiger partial charge on any atom is -0.454 e. The maximum atomic E-state index is 12.6. The number of amides is 1. The van der Waals surface area contributed by atoms with Gasteiger partial charge in [0.05, 0.1) is 5.56 Å². The number of hydrogen-bond acceptors (Lipinski definition) is 6. The van der Waals surface area contributed by atoms with E-state index in [0.717, 1.165) is 5.69 Å². The molecule has 0 fully saturated rings. The van der Waals surface area contributed by atoms with Gasteiger partial charge in [0.1, 0.15) is 5.76 Å². The Morgan fingerprint density at radius 2 is 1.90 bits per heavy atom. The maximum Gasteiger partial charge on any atom is 0.338 e. The zero-order valence-corrected chi connectivity index (χ0v) is 16.6. The summed E-state index contributed by atoms with van der Waals surface area (Å²) in [5, 5.41) is 6.58. The van der Waals surface area contributed by atoms with Crippen molar-refractivity contribution in [1.82, 2.24) is 9.72 Å². The Morgan fingerprint density at radius 3 is 2.55 bits per heavy atom. The quantitative estimate of drug-likeness (QED) is 0.507. The predicted octanol–water partition coefficient (Wildman–Crippen LogP) is 3.39. The van der Waals surface area contributed by atoms with Crippen molar-refractivity contribution >= 4 is 23.3 Å². The van der Waals surface area contributed by atoms with E-state index in [9.17, 15) is 14.4 Å². The number of aromatic nitrogens is 2. The second kappa shape index (κ2) is 8.14. The summed E-state index contributed by atoms with van der Waals surface area (Å²) in [6.07, 6.45) is 0. The van der Waals surface area contributed by atoms with Crippen LogP contribution >= 0.6 is 0 Å². The highest BCUT2D eigenvalue weighted by atomic mass is 16.5. The summed E-state index contributed by atoms with van der Waals surface area (Å²) >= 11 is 0. The molecule has 29 heavy (non-hydrogen) atoms. The first-order valence-electron chi connectivity index (χ1n) is 8.97. The van der Waals surface area contributed by atoms with Gasteiger partial charge in [-0.1, -0.05) is 11.2 Å². The normalized spacial score (nSPS) is 10.6. The lowest BCUT2D eigenvalue weighted by Gasteiger charge is -2.07. The largest absolute Gasteiger partial charge is 0.454 e. The van der Waals surface area contributed by atoms with Gasteiger partial charge in [-0.2, -0.15) is 0 Å². The molecule has 3 aromatic rings. The van der Waals surface area contributed by atoms with E-state index in [-0.39, 0.29) is 17.3 Å². The second-order valence-corrected chi connectivity index (χ2v) is 6.68. The summed E-state index contributed by atoms with van der Waals surface area (Å²) in [4.78, 5) is 36.1. The standard InChI is InChI=1S/C21H21N3O5/c1-12-8-18(14(3)24(12)20-9-13(2)29-23-20)19(26)11-28-21(27)16-6-5-7-17(10-16)22-15(4)25/h5-10H,11H2,1-4H3,(H,22,25). The molecule has 0 unspecified atom stereocenters. The van der Waals surface area contributed by atoms with E-state index in [0.29, 0.717) is 28.5 Å². The minimum absolute atomic E-state index is 0.243. The lowest BCUT2D eigenvalue weighted by Crippen LogP contribution is -2.15. The number of esters is 1. The van der Waals surface area contributed by atoms with E-state index in [1.165, 1.54) is 13.0 Å². The van der Waals surface area contributed by atoms with Gasteiger partial charge >= 0.3 is 5.97 Å². The molecule has 0 spiro atoms. The fourth-order valence-electron chi connectivity index (χ4n) is 3.08. The van der Waals surface area contributed by atoms with Crippen LogP contribution in [0.3, 0.4) is 0 Å². The molecule has 1 N–H and O–H groups in total. The smallest absolute Gasteiger partial charge is 0.338 e. The lowest BCUT2D eigenvalue weighted by molar-refractivity contribution is -0.114. The van der Waals surface area contributed by atoms with Gasteiger partial charge in [0, 0.05) is 35.6 Å². The number of nitrogens with zero attached hydrogens (tertiary/aromatic N) is 2. The molecule has 8 heteroatoms. The predicted molar refractivity (Wildman–Crippen MR) is 105 cm³/mol. The molecule has 2 aromatic heterocycles. The third-order valence-electron chi connectivity index (χ3n) is 4.33. The van der Waals surface area contributed by atoms with Crippen LogP contribution in [0.2, 0.25) is 0 Å². The Bertz CT molecular complexity index is 1090. The molecule has 1 amide bonds. The molecule has 0 aliphatic rings. The number of benzene rings is 1. The second-order valence-electron chi connectivity index (χ2n) is 6.68. The van der Waals surface area contributed by atoms with Crippen molar-refractivity contribution in [3.63, 3.8) is 0 Å². The molecule has 1 aromatic carbocycles. The SMILES string of the molecule is CC(=O)Nc1cccc(C(=O)OCC(=O)c2cc(C)n(-c3cc(C)on3)c2C)c1. The fraction of sp³-hybridized carbons (Fsp3) is 0.238. The van der Waals surface area contributed by atoms with Gasteiger partial charge in [0.2, 0.25) is 11.7 Å². The lowest BCUT2D eigenvalue weighted by atomic mass is 10.1. The van der Waals surface area contributed by atoms with Crippen LogP contribution in [0.1, 0.15) is 44.8 Å². The van der Waals surface area contributed by atoms with Gasteiger partial charge in [-0.25, -0.2) is 4.79 Å². The zero-order valence-electron chi connectivity index (χ0n) is 16.6. The first-order valence-corrected chi connectivity index (χ1v) is 8.97. The van der Waals surface area contributed by atoms with Crippen LogP contribution < -0.4 is 5.32 Å². The van der Waals surface area contributed by atoms with Gasteiger partial charge in [-0.15, -0.1) is 0 Å². The van der Waals surface area contributed by atoms with Crippen LogP contribution in [0.25, 0.3) is 5.82 Å². The molecule has 0 aliphatic heterocycles. The molecular weight excluding hydrogens is 374 g/mol. The molecule has 3 rings (SSSR count). The first-order chi connectivity index (χ1) is 13.8. The average Bonchev–Trinajstić information content (AvgIpc) is 3.21. The summed E-state index contributed by atoms with van der Waals surface area (Å²) in [5.74, 6) is 0.0323. The van der Waals surface area contributed by atoms with Crippen LogP contribution in [0.5, 0.6) is 0 Å². The van der Waals surface area contributed by atoms with Crippen molar-refractivity contribution in [3.8, 4) is 5.82 Å². The van der Waals surface area contributed by atoms with E-state index in [1.807, 2.05) is 11.5 Å². The minimum atomic E-state index is -0.647. The van der Waals surface area contributed by atoms with Gasteiger partial charge in [-0.05, 0) is 45.0 Å². The van der Waals surface area contributed by atoms with E-state index >= 15 is 0 Å². The summed E-state index contributed by atoms with van der Waals surface area (Å²) in [6, 6.07) is 9.83. The first kappa shape index (κ1) is 20.1. The highest BCUT2D eigenvalue weighted by molar-refractivity contribution is 6.01. The zero-order chi connectivity index (χ0) is 21.1. The number of ether oxygens (including phenoxy) is 1. The third-order valence-corrected chi connectivity index (χ3v) is 4.33. The number of aryl methyl sites for hydroxylation is 2. The van der Waals surface area contributed by atoms with Crippen LogP contribution in [0.4, 0.5) is 5.69 Å². The van der Waals surface area contributed by atoms with Crippen molar-refractivity contribution in [2.45, 2.75) is 27.7 Å². The van der Waals surface area contributed by atoms with Gasteiger partial charge in [-0.3, -0.25) is 14.2 Å². The van der Waals surface area contributed by atoms with Crippen molar-refractivity contribution in [2.75, 3.05) is 11.9 Å². The van der Waals surface area contributed by atoms with Crippen molar-refractivity contribution < 1.29 is 23.6 Å². The van der Waals surface area contributed by atoms with Crippen LogP contribution in [0.15, 0.2) is 40.9 Å². The maximum absolute atomic E-state index is 12.6. The molecule has 0 saturated carbocycles. The summed E-state index contributed by atoms with van der Waals surface area (Å²) in [7, 11) is 0. The van der Waals surface area contributed by atoms with Crippen LogP contribution in [0, 0.1) is 20.8 Å². The number of anilines is 1. The number of ketones is 1. The fourth-order valence-corrected chi connectivity index (χ4v) is 3.08. The number of carbonyl (C=O) groups is 3. The Morgan fingerprint density at radius 1 is 1.14 bits per heavy atom. The number of carbonyl (C=O) groups excluding carboxylic acids is 3. The van der Waals surface area contributed by atoms with E-state index < -0.39 is 12.6 Å². The Kier molecular flexibility index (Phi) is 5.63. The number of nitrogens with one attached hydrogen (secondary N) is 1. The van der Waals surface area contributed by atoms with Gasteiger partial charge in [0.25, 0.3) is 0 Å². The number of Topliss-reactive ketones (excluding diaryl/α,β-unsaturated/α-hetero) is 1. The topological polar surface area (TPSA) is 103 Å². The van der Waals surface area contributed by atoms with Crippen molar-refractivity contribution in [2.24, 2.45) is 0 Å². The third kappa shape index (κ3) is 4.43. The molecule has 0 bridgehead atoms. The van der Waals surface area contributed by atoms with Crippen LogP contribution in [-0.2, 0) is 9.53 Å². The Labute approximate surface area is 167 Å². The van der Waals surface area contributed by atoms with E-state index in [2.05, 4.69) is 10.5 Å².